The molecule has 23 heavy (non-hydrogen) atoms. The van der Waals surface area contributed by atoms with E-state index in [2.05, 4.69) is 31.7 Å². The van der Waals surface area contributed by atoms with E-state index in [1.807, 2.05) is 33.2 Å². The second-order valence-electron chi connectivity index (χ2n) is 5.38. The van der Waals surface area contributed by atoms with E-state index in [-0.39, 0.29) is 11.9 Å². The van der Waals surface area contributed by atoms with E-state index in [0.29, 0.717) is 0 Å². The minimum atomic E-state index is -0.307. The number of hydrogen-bond donors (Lipinski definition) is 0. The molecule has 1 unspecified atom stereocenters. The molecule has 3 rings (SSSR count). The number of nitrogens with zero attached hydrogens (tertiary/aromatic N) is 5. The lowest BCUT2D eigenvalue weighted by Crippen LogP contribution is -2.53. The van der Waals surface area contributed by atoms with Crippen LogP contribution in [0.15, 0.2) is 30.7 Å². The molecular formula is C17H24FN5. The molecule has 0 amide bonds. The molecule has 1 saturated heterocycles. The summed E-state index contributed by atoms with van der Waals surface area (Å²) >= 11 is 0. The molecule has 1 aliphatic rings. The van der Waals surface area contributed by atoms with Crippen LogP contribution in [0.3, 0.4) is 0 Å². The largest absolute Gasteiger partial charge is 0.353 e. The van der Waals surface area contributed by atoms with Crippen LogP contribution < -0.4 is 9.80 Å². The lowest BCUT2D eigenvalue weighted by Gasteiger charge is -2.40. The van der Waals surface area contributed by atoms with Crippen molar-refractivity contribution in [1.29, 1.82) is 0 Å². The summed E-state index contributed by atoms with van der Waals surface area (Å²) in [7, 11) is 0. The summed E-state index contributed by atoms with van der Waals surface area (Å²) in [6.07, 6.45) is 4.93. The van der Waals surface area contributed by atoms with Gasteiger partial charge in [-0.2, -0.15) is 0 Å². The fourth-order valence-corrected chi connectivity index (χ4v) is 2.55. The van der Waals surface area contributed by atoms with Crippen LogP contribution in [0.25, 0.3) is 0 Å². The van der Waals surface area contributed by atoms with Crippen molar-refractivity contribution >= 4 is 11.8 Å². The van der Waals surface area contributed by atoms with Crippen LogP contribution in [0.4, 0.5) is 16.2 Å². The predicted molar refractivity (Wildman–Crippen MR) is 91.3 cm³/mol. The van der Waals surface area contributed by atoms with Crippen LogP contribution in [0.1, 0.15) is 26.3 Å². The first-order valence-corrected chi connectivity index (χ1v) is 8.05. The molecule has 6 heteroatoms. The quantitative estimate of drug-likeness (QED) is 0.852. The maximum Gasteiger partial charge on any atom is 0.225 e. The number of halogens is 1. The molecule has 2 aromatic heterocycles. The molecule has 124 valence electrons. The Balaban J connectivity index is 0.000000924. The van der Waals surface area contributed by atoms with E-state index in [1.54, 1.807) is 6.07 Å². The number of hydrogen-bond acceptors (Lipinski definition) is 5. The zero-order chi connectivity index (χ0) is 16.8. The van der Waals surface area contributed by atoms with Gasteiger partial charge in [0.2, 0.25) is 5.95 Å². The molecule has 1 aliphatic heterocycles. The Bertz CT molecular complexity index is 599. The molecule has 2 aromatic rings. The summed E-state index contributed by atoms with van der Waals surface area (Å²) in [5.74, 6) is 1.27. The molecular weight excluding hydrogens is 293 g/mol. The molecule has 1 atom stereocenters. The van der Waals surface area contributed by atoms with E-state index in [1.165, 1.54) is 12.3 Å². The van der Waals surface area contributed by atoms with Gasteiger partial charge in [-0.3, -0.25) is 0 Å². The highest BCUT2D eigenvalue weighted by atomic mass is 19.1. The van der Waals surface area contributed by atoms with Gasteiger partial charge in [0.05, 0.1) is 6.20 Å². The van der Waals surface area contributed by atoms with Crippen LogP contribution in [-0.4, -0.2) is 40.6 Å². The van der Waals surface area contributed by atoms with Gasteiger partial charge >= 0.3 is 0 Å². The van der Waals surface area contributed by atoms with Crippen molar-refractivity contribution in [1.82, 2.24) is 15.0 Å². The average molecular weight is 317 g/mol. The second-order valence-corrected chi connectivity index (χ2v) is 5.38. The van der Waals surface area contributed by atoms with Gasteiger partial charge in [-0.15, -0.1) is 0 Å². The predicted octanol–water partition coefficient (Wildman–Crippen LogP) is 3.06. The summed E-state index contributed by atoms with van der Waals surface area (Å²) in [6.45, 7) is 10.6. The SMILES string of the molecule is CC.Cc1cnc(N2CCN(c3ccc(F)cn3)CC2C)nc1. The van der Waals surface area contributed by atoms with Crippen molar-refractivity contribution in [2.45, 2.75) is 33.7 Å². The fraction of sp³-hybridized carbons (Fsp3) is 0.471. The van der Waals surface area contributed by atoms with Gasteiger partial charge in [0.25, 0.3) is 0 Å². The van der Waals surface area contributed by atoms with Crippen molar-refractivity contribution in [3.05, 3.63) is 42.1 Å². The van der Waals surface area contributed by atoms with E-state index in [9.17, 15) is 4.39 Å². The van der Waals surface area contributed by atoms with Crippen LogP contribution in [0.2, 0.25) is 0 Å². The van der Waals surface area contributed by atoms with Crippen molar-refractivity contribution in [2.24, 2.45) is 0 Å². The molecule has 0 aliphatic carbocycles. The summed E-state index contributed by atoms with van der Waals surface area (Å²) in [4.78, 5) is 17.3. The van der Waals surface area contributed by atoms with Crippen LogP contribution in [0, 0.1) is 12.7 Å². The highest BCUT2D eigenvalue weighted by Gasteiger charge is 2.26. The Hall–Kier alpha value is -2.24. The van der Waals surface area contributed by atoms with Gasteiger partial charge in [-0.1, -0.05) is 13.8 Å². The van der Waals surface area contributed by atoms with E-state index in [4.69, 9.17) is 0 Å². The van der Waals surface area contributed by atoms with Crippen molar-refractivity contribution in [2.75, 3.05) is 29.4 Å². The standard InChI is InChI=1S/C15H18FN5.C2H6/c1-11-7-18-15(19-8-11)21-6-5-20(10-12(21)2)14-4-3-13(16)9-17-14;1-2/h3-4,7-9,12H,5-6,10H2,1-2H3;1-2H3. The maximum atomic E-state index is 12.9. The number of anilines is 2. The monoisotopic (exact) mass is 317 g/mol. The number of aryl methyl sites for hydroxylation is 1. The highest BCUT2D eigenvalue weighted by Crippen LogP contribution is 2.20. The summed E-state index contributed by atoms with van der Waals surface area (Å²) < 4.78 is 12.9. The third kappa shape index (κ3) is 4.15. The minimum absolute atomic E-state index is 0.272. The van der Waals surface area contributed by atoms with E-state index in [0.717, 1.165) is 37.0 Å². The number of pyridine rings is 1. The zero-order valence-electron chi connectivity index (χ0n) is 14.2. The number of aromatic nitrogens is 3. The first kappa shape index (κ1) is 17.1. The molecule has 0 bridgehead atoms. The molecule has 0 saturated carbocycles. The third-order valence-electron chi connectivity index (χ3n) is 3.69. The van der Waals surface area contributed by atoms with Gasteiger partial charge in [-0.05, 0) is 31.5 Å². The van der Waals surface area contributed by atoms with Crippen LogP contribution >= 0.6 is 0 Å². The Morgan fingerprint density at radius 2 is 1.74 bits per heavy atom. The molecule has 0 N–H and O–H groups in total. The topological polar surface area (TPSA) is 45.2 Å². The van der Waals surface area contributed by atoms with Crippen molar-refractivity contribution in [3.63, 3.8) is 0 Å². The number of rotatable bonds is 2. The van der Waals surface area contributed by atoms with Crippen molar-refractivity contribution < 1.29 is 4.39 Å². The summed E-state index contributed by atoms with van der Waals surface area (Å²) in [5, 5.41) is 0. The van der Waals surface area contributed by atoms with Crippen molar-refractivity contribution in [3.8, 4) is 0 Å². The molecule has 3 heterocycles. The van der Waals surface area contributed by atoms with Gasteiger partial charge < -0.3 is 9.80 Å². The fourth-order valence-electron chi connectivity index (χ4n) is 2.55. The Labute approximate surface area is 137 Å². The highest BCUT2D eigenvalue weighted by molar-refractivity contribution is 5.43. The molecule has 0 spiro atoms. The van der Waals surface area contributed by atoms with Gasteiger partial charge in [0.1, 0.15) is 11.6 Å². The van der Waals surface area contributed by atoms with Gasteiger partial charge in [-0.25, -0.2) is 19.3 Å². The van der Waals surface area contributed by atoms with Crippen LogP contribution in [0.5, 0.6) is 0 Å². The molecule has 5 nitrogen and oxygen atoms in total. The van der Waals surface area contributed by atoms with E-state index < -0.39 is 0 Å². The summed E-state index contributed by atoms with van der Waals surface area (Å²) in [5.41, 5.74) is 1.06. The lowest BCUT2D eigenvalue weighted by atomic mass is 10.2. The second kappa shape index (κ2) is 7.85. The number of piperazine rings is 1. The Morgan fingerprint density at radius 1 is 1.04 bits per heavy atom. The van der Waals surface area contributed by atoms with Gasteiger partial charge in [0.15, 0.2) is 0 Å². The smallest absolute Gasteiger partial charge is 0.225 e. The minimum Gasteiger partial charge on any atom is -0.353 e. The molecule has 0 radical (unpaired) electrons. The average Bonchev–Trinajstić information content (AvgIpc) is 2.58. The van der Waals surface area contributed by atoms with Gasteiger partial charge in [0, 0.05) is 38.1 Å². The van der Waals surface area contributed by atoms with E-state index >= 15 is 0 Å². The molecule has 0 aromatic carbocycles. The summed E-state index contributed by atoms with van der Waals surface area (Å²) in [6, 6.07) is 3.44. The first-order chi connectivity index (χ1) is 11.1. The maximum absolute atomic E-state index is 12.9. The van der Waals surface area contributed by atoms with Crippen LogP contribution in [-0.2, 0) is 0 Å². The molecule has 1 fully saturated rings. The Morgan fingerprint density at radius 3 is 2.30 bits per heavy atom. The Kier molecular flexibility index (Phi) is 5.84. The zero-order valence-corrected chi connectivity index (χ0v) is 14.2. The third-order valence-corrected chi connectivity index (χ3v) is 3.69. The lowest BCUT2D eigenvalue weighted by molar-refractivity contribution is 0.536. The normalized spacial score (nSPS) is 17.5. The first-order valence-electron chi connectivity index (χ1n) is 8.05.